The molecule has 0 aliphatic carbocycles. The van der Waals surface area contributed by atoms with Gasteiger partial charge in [0.1, 0.15) is 11.9 Å². The van der Waals surface area contributed by atoms with Crippen molar-refractivity contribution >= 4 is 40.6 Å². The lowest BCUT2D eigenvalue weighted by Crippen LogP contribution is -2.37. The maximum atomic E-state index is 13.8. The van der Waals surface area contributed by atoms with Gasteiger partial charge in [-0.1, -0.05) is 47.5 Å². The Kier molecular flexibility index (Phi) is 4.37. The molecule has 0 spiro atoms. The monoisotopic (exact) mass is 424 g/mol. The van der Waals surface area contributed by atoms with Crippen molar-refractivity contribution in [3.05, 3.63) is 87.2 Å². The van der Waals surface area contributed by atoms with Crippen LogP contribution in [0.25, 0.3) is 0 Å². The molecule has 1 N–H and O–H groups in total. The third-order valence-electron chi connectivity index (χ3n) is 5.53. The van der Waals surface area contributed by atoms with E-state index in [0.29, 0.717) is 22.2 Å². The molecule has 5 nitrogen and oxygen atoms in total. The molecular weight excluding hydrogens is 407 g/mol. The number of carbonyl (C=O) groups excluding carboxylic acids is 1. The van der Waals surface area contributed by atoms with Crippen molar-refractivity contribution in [1.82, 2.24) is 9.78 Å². The lowest BCUT2D eigenvalue weighted by atomic mass is 9.94. The average Bonchev–Trinajstić information content (AvgIpc) is 3.35. The van der Waals surface area contributed by atoms with E-state index in [1.807, 2.05) is 52.9 Å². The van der Waals surface area contributed by atoms with Gasteiger partial charge in [-0.05, 0) is 42.7 Å². The van der Waals surface area contributed by atoms with E-state index in [1.165, 1.54) is 5.56 Å². The molecule has 0 bridgehead atoms. The van der Waals surface area contributed by atoms with Crippen LogP contribution in [0.4, 0.5) is 11.5 Å². The quantitative estimate of drug-likeness (QED) is 0.624. The average molecular weight is 425 g/mol. The second-order valence-corrected chi connectivity index (χ2v) is 8.05. The first-order chi connectivity index (χ1) is 14.0. The molecule has 0 radical (unpaired) electrons. The molecule has 0 fully saturated rings. The fraction of sp³-hybridized carbons (Fsp3) is 0.182. The zero-order valence-electron chi connectivity index (χ0n) is 15.7. The Morgan fingerprint density at radius 1 is 1.14 bits per heavy atom. The first kappa shape index (κ1) is 18.3. The first-order valence-electron chi connectivity index (χ1n) is 9.40. The predicted molar refractivity (Wildman–Crippen MR) is 116 cm³/mol. The van der Waals surface area contributed by atoms with Crippen LogP contribution in [-0.4, -0.2) is 22.2 Å². The summed E-state index contributed by atoms with van der Waals surface area (Å²) < 4.78 is 1.82. The van der Waals surface area contributed by atoms with E-state index in [4.69, 9.17) is 23.2 Å². The summed E-state index contributed by atoms with van der Waals surface area (Å²) in [6, 6.07) is 15.0. The second-order valence-electron chi connectivity index (χ2n) is 7.24. The standard InChI is InChI=1S/C22H18Cl2N4O/c1-13-20(22(29)27-11-9-14-4-2-3-5-18(14)27)21(28-19(26-13)8-10-25-28)15-6-7-16(23)17(24)12-15/h2-8,10,12,21,26H,9,11H2,1H3. The van der Waals surface area contributed by atoms with Crippen molar-refractivity contribution < 1.29 is 4.79 Å². The highest BCUT2D eigenvalue weighted by Gasteiger charge is 2.37. The van der Waals surface area contributed by atoms with Crippen molar-refractivity contribution in [2.24, 2.45) is 0 Å². The summed E-state index contributed by atoms with van der Waals surface area (Å²) >= 11 is 12.4. The maximum absolute atomic E-state index is 13.8. The fourth-order valence-electron chi connectivity index (χ4n) is 4.17. The number of halogens is 2. The van der Waals surface area contributed by atoms with Crippen LogP contribution in [0.5, 0.6) is 0 Å². The molecule has 1 aromatic heterocycles. The van der Waals surface area contributed by atoms with Gasteiger partial charge in [-0.2, -0.15) is 5.10 Å². The SMILES string of the molecule is CC1=C(C(=O)N2CCc3ccccc32)C(c2ccc(Cl)c(Cl)c2)n2nccc2N1. The molecule has 5 rings (SSSR count). The van der Waals surface area contributed by atoms with Gasteiger partial charge in [-0.15, -0.1) is 0 Å². The summed E-state index contributed by atoms with van der Waals surface area (Å²) in [6.07, 6.45) is 2.57. The number of nitrogens with one attached hydrogen (secondary N) is 1. The molecular formula is C22H18Cl2N4O. The number of nitrogens with zero attached hydrogens (tertiary/aromatic N) is 3. The predicted octanol–water partition coefficient (Wildman–Crippen LogP) is 5.07. The smallest absolute Gasteiger partial charge is 0.258 e. The summed E-state index contributed by atoms with van der Waals surface area (Å²) in [7, 11) is 0. The van der Waals surface area contributed by atoms with Crippen LogP contribution < -0.4 is 10.2 Å². The van der Waals surface area contributed by atoms with Crippen molar-refractivity contribution in [3.63, 3.8) is 0 Å². The molecule has 146 valence electrons. The number of hydrogen-bond donors (Lipinski definition) is 1. The Morgan fingerprint density at radius 3 is 2.79 bits per heavy atom. The number of carbonyl (C=O) groups is 1. The van der Waals surface area contributed by atoms with Crippen LogP contribution in [0.15, 0.2) is 66.0 Å². The van der Waals surface area contributed by atoms with E-state index >= 15 is 0 Å². The number of rotatable bonds is 2. The largest absolute Gasteiger partial charge is 0.344 e. The number of amides is 1. The Hall–Kier alpha value is -2.76. The molecule has 0 saturated heterocycles. The van der Waals surface area contributed by atoms with E-state index in [-0.39, 0.29) is 5.91 Å². The van der Waals surface area contributed by atoms with Gasteiger partial charge in [0.25, 0.3) is 5.91 Å². The molecule has 1 unspecified atom stereocenters. The maximum Gasteiger partial charge on any atom is 0.258 e. The van der Waals surface area contributed by atoms with Crippen molar-refractivity contribution in [3.8, 4) is 0 Å². The van der Waals surface area contributed by atoms with E-state index in [0.717, 1.165) is 29.2 Å². The molecule has 29 heavy (non-hydrogen) atoms. The number of aromatic nitrogens is 2. The van der Waals surface area contributed by atoms with Gasteiger partial charge >= 0.3 is 0 Å². The van der Waals surface area contributed by atoms with Crippen LogP contribution in [0.3, 0.4) is 0 Å². The van der Waals surface area contributed by atoms with E-state index < -0.39 is 6.04 Å². The number of para-hydroxylation sites is 1. The van der Waals surface area contributed by atoms with Gasteiger partial charge in [0, 0.05) is 24.0 Å². The number of allylic oxidation sites excluding steroid dienone is 1. The number of fused-ring (bicyclic) bond motifs is 2. The van der Waals surface area contributed by atoms with Gasteiger partial charge in [-0.25, -0.2) is 4.68 Å². The molecule has 2 aliphatic heterocycles. The zero-order chi connectivity index (χ0) is 20.1. The number of benzene rings is 2. The van der Waals surface area contributed by atoms with E-state index in [1.54, 1.807) is 12.3 Å². The number of anilines is 2. The highest BCUT2D eigenvalue weighted by molar-refractivity contribution is 6.42. The van der Waals surface area contributed by atoms with Gasteiger partial charge in [-0.3, -0.25) is 4.79 Å². The van der Waals surface area contributed by atoms with E-state index in [2.05, 4.69) is 16.5 Å². The molecule has 1 amide bonds. The van der Waals surface area contributed by atoms with Crippen LogP contribution >= 0.6 is 23.2 Å². The lowest BCUT2D eigenvalue weighted by Gasteiger charge is -2.32. The fourth-order valence-corrected chi connectivity index (χ4v) is 4.47. The Morgan fingerprint density at radius 2 is 1.97 bits per heavy atom. The lowest BCUT2D eigenvalue weighted by molar-refractivity contribution is -0.115. The third-order valence-corrected chi connectivity index (χ3v) is 6.27. The molecule has 3 aromatic rings. The Labute approximate surface area is 178 Å². The zero-order valence-corrected chi connectivity index (χ0v) is 17.2. The molecule has 7 heteroatoms. The molecule has 1 atom stereocenters. The summed E-state index contributed by atoms with van der Waals surface area (Å²) in [4.78, 5) is 15.6. The van der Waals surface area contributed by atoms with Gasteiger partial charge in [0.15, 0.2) is 0 Å². The summed E-state index contributed by atoms with van der Waals surface area (Å²) in [5, 5.41) is 8.73. The van der Waals surface area contributed by atoms with Crippen molar-refractivity contribution in [2.45, 2.75) is 19.4 Å². The highest BCUT2D eigenvalue weighted by Crippen LogP contribution is 2.40. The van der Waals surface area contributed by atoms with Crippen LogP contribution in [0, 0.1) is 0 Å². The van der Waals surface area contributed by atoms with Gasteiger partial charge < -0.3 is 10.2 Å². The van der Waals surface area contributed by atoms with Crippen LogP contribution in [0.2, 0.25) is 10.0 Å². The Balaban J connectivity index is 1.63. The highest BCUT2D eigenvalue weighted by atomic mass is 35.5. The number of hydrogen-bond acceptors (Lipinski definition) is 3. The summed E-state index contributed by atoms with van der Waals surface area (Å²) in [6.45, 7) is 2.59. The molecule has 3 heterocycles. The minimum absolute atomic E-state index is 0.0304. The van der Waals surface area contributed by atoms with Gasteiger partial charge in [0.2, 0.25) is 0 Å². The molecule has 0 saturated carbocycles. The molecule has 2 aliphatic rings. The van der Waals surface area contributed by atoms with E-state index in [9.17, 15) is 4.79 Å². The van der Waals surface area contributed by atoms with Crippen LogP contribution in [-0.2, 0) is 11.2 Å². The molecule has 2 aromatic carbocycles. The third kappa shape index (κ3) is 2.93. The van der Waals surface area contributed by atoms with Crippen molar-refractivity contribution in [1.29, 1.82) is 0 Å². The summed E-state index contributed by atoms with van der Waals surface area (Å²) in [5.41, 5.74) is 4.48. The first-order valence-corrected chi connectivity index (χ1v) is 10.2. The normalized spacial score (nSPS) is 17.8. The van der Waals surface area contributed by atoms with Gasteiger partial charge in [0.05, 0.1) is 21.8 Å². The minimum atomic E-state index is -0.392. The Bertz CT molecular complexity index is 1170. The topological polar surface area (TPSA) is 50.2 Å². The van der Waals surface area contributed by atoms with Crippen molar-refractivity contribution in [2.75, 3.05) is 16.8 Å². The minimum Gasteiger partial charge on any atom is -0.344 e. The summed E-state index contributed by atoms with van der Waals surface area (Å²) in [5.74, 6) is 0.800. The second kappa shape index (κ2) is 6.94. The van der Waals surface area contributed by atoms with Crippen LogP contribution in [0.1, 0.15) is 24.1 Å².